The van der Waals surface area contributed by atoms with E-state index in [0.29, 0.717) is 10.5 Å². The standard InChI is InChI=1S/C16H14F2OS/c1-10-3-5-12(6-4-10)16(19)11(2)20-13-7-8-14(17)15(18)9-13/h3-9,11H,1-2H3. The van der Waals surface area contributed by atoms with Gasteiger partial charge in [0.2, 0.25) is 0 Å². The van der Waals surface area contributed by atoms with Gasteiger partial charge >= 0.3 is 0 Å². The molecule has 4 heteroatoms. The normalized spacial score (nSPS) is 12.2. The lowest BCUT2D eigenvalue weighted by molar-refractivity contribution is 0.0994. The molecule has 0 aliphatic heterocycles. The van der Waals surface area contributed by atoms with Gasteiger partial charge in [-0.1, -0.05) is 29.8 Å². The molecule has 2 aromatic carbocycles. The molecule has 0 fully saturated rings. The summed E-state index contributed by atoms with van der Waals surface area (Å²) in [5.74, 6) is -1.81. The van der Waals surface area contributed by atoms with Crippen molar-refractivity contribution < 1.29 is 13.6 Å². The molecular formula is C16H14F2OS. The van der Waals surface area contributed by atoms with E-state index in [0.717, 1.165) is 17.7 Å². The fourth-order valence-corrected chi connectivity index (χ4v) is 2.73. The molecule has 2 aromatic rings. The Labute approximate surface area is 121 Å². The molecular weight excluding hydrogens is 278 g/mol. The monoisotopic (exact) mass is 292 g/mol. The van der Waals surface area contributed by atoms with E-state index in [4.69, 9.17) is 0 Å². The smallest absolute Gasteiger partial charge is 0.175 e. The van der Waals surface area contributed by atoms with E-state index in [1.54, 1.807) is 19.1 Å². The molecule has 0 spiro atoms. The van der Waals surface area contributed by atoms with Crippen LogP contribution in [0.3, 0.4) is 0 Å². The molecule has 0 aromatic heterocycles. The van der Waals surface area contributed by atoms with Crippen molar-refractivity contribution in [3.63, 3.8) is 0 Å². The second-order valence-corrected chi connectivity index (χ2v) is 5.98. The molecule has 0 saturated heterocycles. The van der Waals surface area contributed by atoms with Crippen LogP contribution in [0, 0.1) is 18.6 Å². The quantitative estimate of drug-likeness (QED) is 0.603. The Bertz CT molecular complexity index is 623. The molecule has 0 aliphatic carbocycles. The zero-order valence-electron chi connectivity index (χ0n) is 11.2. The highest BCUT2D eigenvalue weighted by molar-refractivity contribution is 8.00. The first-order valence-corrected chi connectivity index (χ1v) is 7.08. The minimum absolute atomic E-state index is 0.0280. The lowest BCUT2D eigenvalue weighted by Gasteiger charge is -2.10. The number of Topliss-reactive ketones (excluding diaryl/α,β-unsaturated/α-hetero) is 1. The van der Waals surface area contributed by atoms with Crippen molar-refractivity contribution in [3.8, 4) is 0 Å². The van der Waals surface area contributed by atoms with Gasteiger partial charge in [0.1, 0.15) is 0 Å². The second-order valence-electron chi connectivity index (χ2n) is 4.57. The number of aryl methyl sites for hydroxylation is 1. The predicted molar refractivity (Wildman–Crippen MR) is 77.2 cm³/mol. The van der Waals surface area contributed by atoms with E-state index < -0.39 is 11.6 Å². The zero-order valence-corrected chi connectivity index (χ0v) is 12.0. The largest absolute Gasteiger partial charge is 0.293 e. The van der Waals surface area contributed by atoms with Gasteiger partial charge < -0.3 is 0 Å². The van der Waals surface area contributed by atoms with E-state index >= 15 is 0 Å². The van der Waals surface area contributed by atoms with E-state index in [-0.39, 0.29) is 11.0 Å². The molecule has 0 aliphatic rings. The van der Waals surface area contributed by atoms with Crippen LogP contribution in [-0.4, -0.2) is 11.0 Å². The summed E-state index contributed by atoms with van der Waals surface area (Å²) >= 11 is 1.22. The van der Waals surface area contributed by atoms with Crippen LogP contribution in [0.25, 0.3) is 0 Å². The molecule has 104 valence electrons. The van der Waals surface area contributed by atoms with Crippen LogP contribution in [0.2, 0.25) is 0 Å². The van der Waals surface area contributed by atoms with E-state index in [1.807, 2.05) is 19.1 Å². The number of carbonyl (C=O) groups is 1. The highest BCUT2D eigenvalue weighted by Crippen LogP contribution is 2.27. The van der Waals surface area contributed by atoms with Crippen molar-refractivity contribution in [2.45, 2.75) is 24.0 Å². The molecule has 2 rings (SSSR count). The molecule has 0 N–H and O–H groups in total. The maximum atomic E-state index is 13.1. The predicted octanol–water partition coefficient (Wildman–Crippen LogP) is 4.64. The van der Waals surface area contributed by atoms with E-state index in [1.165, 1.54) is 17.8 Å². The summed E-state index contributed by atoms with van der Waals surface area (Å²) in [5, 5.41) is -0.359. The van der Waals surface area contributed by atoms with Crippen LogP contribution in [-0.2, 0) is 0 Å². The van der Waals surface area contributed by atoms with Crippen LogP contribution >= 0.6 is 11.8 Å². The third-order valence-corrected chi connectivity index (χ3v) is 4.00. The molecule has 1 nitrogen and oxygen atoms in total. The first kappa shape index (κ1) is 14.7. The fourth-order valence-electron chi connectivity index (χ4n) is 1.76. The Hall–Kier alpha value is -1.68. The minimum Gasteiger partial charge on any atom is -0.293 e. The van der Waals surface area contributed by atoms with Crippen LogP contribution in [0.15, 0.2) is 47.4 Å². The van der Waals surface area contributed by atoms with Gasteiger partial charge in [0, 0.05) is 10.5 Å². The summed E-state index contributed by atoms with van der Waals surface area (Å²) in [7, 11) is 0. The minimum atomic E-state index is -0.898. The second kappa shape index (κ2) is 6.18. The van der Waals surface area contributed by atoms with Crippen molar-refractivity contribution >= 4 is 17.5 Å². The van der Waals surface area contributed by atoms with Gasteiger partial charge in [0.05, 0.1) is 5.25 Å². The zero-order chi connectivity index (χ0) is 14.7. The number of halogens is 2. The number of carbonyl (C=O) groups excluding carboxylic acids is 1. The Balaban J connectivity index is 2.11. The lowest BCUT2D eigenvalue weighted by atomic mass is 10.1. The topological polar surface area (TPSA) is 17.1 Å². The maximum Gasteiger partial charge on any atom is 0.175 e. The molecule has 20 heavy (non-hydrogen) atoms. The number of rotatable bonds is 4. The van der Waals surface area contributed by atoms with Crippen molar-refractivity contribution in [2.75, 3.05) is 0 Å². The number of hydrogen-bond donors (Lipinski definition) is 0. The molecule has 0 radical (unpaired) electrons. The average molecular weight is 292 g/mol. The number of ketones is 1. The van der Waals surface area contributed by atoms with Gasteiger partial charge in [0.25, 0.3) is 0 Å². The van der Waals surface area contributed by atoms with Crippen molar-refractivity contribution in [2.24, 2.45) is 0 Å². The van der Waals surface area contributed by atoms with Crippen molar-refractivity contribution in [1.29, 1.82) is 0 Å². The lowest BCUT2D eigenvalue weighted by Crippen LogP contribution is -2.13. The van der Waals surface area contributed by atoms with Crippen LogP contribution in [0.1, 0.15) is 22.8 Å². The third-order valence-electron chi connectivity index (χ3n) is 2.91. The summed E-state index contributed by atoms with van der Waals surface area (Å²) in [4.78, 5) is 12.8. The Morgan fingerprint density at radius 3 is 2.30 bits per heavy atom. The number of benzene rings is 2. The maximum absolute atomic E-state index is 13.1. The van der Waals surface area contributed by atoms with Crippen molar-refractivity contribution in [3.05, 3.63) is 65.2 Å². The summed E-state index contributed by atoms with van der Waals surface area (Å²) in [5.41, 5.74) is 1.71. The molecule has 0 saturated carbocycles. The number of thioether (sulfide) groups is 1. The van der Waals surface area contributed by atoms with Gasteiger partial charge in [-0.3, -0.25) is 4.79 Å². The summed E-state index contributed by atoms with van der Waals surface area (Å²) in [6.07, 6.45) is 0. The third kappa shape index (κ3) is 3.45. The number of hydrogen-bond acceptors (Lipinski definition) is 2. The fraction of sp³-hybridized carbons (Fsp3) is 0.188. The molecule has 0 amide bonds. The molecule has 0 bridgehead atoms. The summed E-state index contributed by atoms with van der Waals surface area (Å²) < 4.78 is 26.0. The van der Waals surface area contributed by atoms with Crippen LogP contribution < -0.4 is 0 Å². The Kier molecular flexibility index (Phi) is 4.55. The molecule has 1 unspecified atom stereocenters. The summed E-state index contributed by atoms with van der Waals surface area (Å²) in [6.45, 7) is 3.71. The average Bonchev–Trinajstić information content (AvgIpc) is 2.43. The van der Waals surface area contributed by atoms with Crippen molar-refractivity contribution in [1.82, 2.24) is 0 Å². The Morgan fingerprint density at radius 1 is 1.05 bits per heavy atom. The van der Waals surface area contributed by atoms with Gasteiger partial charge in [-0.25, -0.2) is 8.78 Å². The molecule has 0 heterocycles. The van der Waals surface area contributed by atoms with Crippen LogP contribution in [0.5, 0.6) is 0 Å². The Morgan fingerprint density at radius 2 is 1.70 bits per heavy atom. The van der Waals surface area contributed by atoms with Gasteiger partial charge in [-0.2, -0.15) is 0 Å². The highest BCUT2D eigenvalue weighted by Gasteiger charge is 2.17. The van der Waals surface area contributed by atoms with Gasteiger partial charge in [0.15, 0.2) is 17.4 Å². The van der Waals surface area contributed by atoms with E-state index in [2.05, 4.69) is 0 Å². The first-order chi connectivity index (χ1) is 9.47. The first-order valence-electron chi connectivity index (χ1n) is 6.20. The highest BCUT2D eigenvalue weighted by atomic mass is 32.2. The summed E-state index contributed by atoms with van der Waals surface area (Å²) in [6, 6.07) is 11.0. The van der Waals surface area contributed by atoms with E-state index in [9.17, 15) is 13.6 Å². The van der Waals surface area contributed by atoms with Gasteiger partial charge in [-0.15, -0.1) is 11.8 Å². The SMILES string of the molecule is Cc1ccc(C(=O)C(C)Sc2ccc(F)c(F)c2)cc1. The van der Waals surface area contributed by atoms with Gasteiger partial charge in [-0.05, 0) is 32.0 Å². The van der Waals surface area contributed by atoms with Crippen LogP contribution in [0.4, 0.5) is 8.78 Å². The molecule has 1 atom stereocenters.